The van der Waals surface area contributed by atoms with Crippen molar-refractivity contribution >= 4 is 28.9 Å². The van der Waals surface area contributed by atoms with Gasteiger partial charge in [-0.15, -0.1) is 0 Å². The fourth-order valence-electron chi connectivity index (χ4n) is 2.59. The van der Waals surface area contributed by atoms with E-state index < -0.39 is 33.1 Å². The molecule has 1 heterocycles. The van der Waals surface area contributed by atoms with E-state index in [2.05, 4.69) is 10.1 Å². The topological polar surface area (TPSA) is 165 Å². The van der Waals surface area contributed by atoms with Crippen LogP contribution in [0.5, 0.6) is 0 Å². The van der Waals surface area contributed by atoms with E-state index in [9.17, 15) is 29.8 Å². The molecule has 0 saturated carbocycles. The van der Waals surface area contributed by atoms with Crippen molar-refractivity contribution in [3.8, 4) is 0 Å². The van der Waals surface area contributed by atoms with E-state index >= 15 is 0 Å². The van der Waals surface area contributed by atoms with Gasteiger partial charge in [0.2, 0.25) is 0 Å². The fraction of sp³-hybridized carbons (Fsp3) is 0.333. The van der Waals surface area contributed by atoms with Crippen LogP contribution in [0.25, 0.3) is 0 Å². The highest BCUT2D eigenvalue weighted by Crippen LogP contribution is 2.33. The molecule has 12 nitrogen and oxygen atoms in total. The van der Waals surface area contributed by atoms with Gasteiger partial charge in [-0.05, 0) is 6.92 Å². The minimum absolute atomic E-state index is 0.0431. The molecule has 12 heteroatoms. The lowest BCUT2D eigenvalue weighted by molar-refractivity contribution is -0.394. The molecule has 0 radical (unpaired) electrons. The number of carbonyl (C=O) groups excluding carboxylic acids is 2. The molecule has 1 aromatic rings. The van der Waals surface area contributed by atoms with E-state index in [0.29, 0.717) is 0 Å². The van der Waals surface area contributed by atoms with Gasteiger partial charge in [0, 0.05) is 12.6 Å². The van der Waals surface area contributed by atoms with Crippen molar-refractivity contribution in [1.29, 1.82) is 0 Å². The van der Waals surface area contributed by atoms with Crippen molar-refractivity contribution < 1.29 is 29.3 Å². The number of ether oxygens (including phenoxy) is 1. The Morgan fingerprint density at radius 3 is 2.52 bits per heavy atom. The second-order valence-electron chi connectivity index (χ2n) is 5.57. The minimum Gasteiger partial charge on any atom is -0.466 e. The standard InChI is InChI=1S/C15H16N4O8/c1-8-11(5-9(18(23)24)6-12(8)19(25)26)16-13-10(15(22)27-2)7-17(3-4-20)14(13)21/h5-6,16,20H,3-4,7H2,1-2H3. The number of esters is 1. The number of nitro groups is 2. The fourth-order valence-corrected chi connectivity index (χ4v) is 2.59. The van der Waals surface area contributed by atoms with Crippen molar-refractivity contribution in [2.45, 2.75) is 6.92 Å². The van der Waals surface area contributed by atoms with Crippen LogP contribution in [0.1, 0.15) is 5.56 Å². The highest BCUT2D eigenvalue weighted by molar-refractivity contribution is 6.08. The normalized spacial score (nSPS) is 13.7. The molecule has 0 aromatic heterocycles. The van der Waals surface area contributed by atoms with Crippen LogP contribution >= 0.6 is 0 Å². The number of anilines is 1. The molecular formula is C15H16N4O8. The maximum absolute atomic E-state index is 12.5. The van der Waals surface area contributed by atoms with Gasteiger partial charge >= 0.3 is 5.97 Å². The summed E-state index contributed by atoms with van der Waals surface area (Å²) in [6, 6.07) is 1.84. The minimum atomic E-state index is -0.804. The Labute approximate surface area is 152 Å². The van der Waals surface area contributed by atoms with E-state index in [1.165, 1.54) is 11.8 Å². The number of non-ortho nitro benzene ring substituents is 1. The largest absolute Gasteiger partial charge is 0.466 e. The van der Waals surface area contributed by atoms with Crippen molar-refractivity contribution in [3.63, 3.8) is 0 Å². The number of rotatable bonds is 7. The molecule has 0 fully saturated rings. The second kappa shape index (κ2) is 7.78. The lowest BCUT2D eigenvalue weighted by atomic mass is 10.1. The van der Waals surface area contributed by atoms with Gasteiger partial charge in [0.05, 0.1) is 53.0 Å². The average molecular weight is 380 g/mol. The number of β-amino-alcohol motifs (C(OH)–C–C–N with tert-alkyl or cyclic N) is 1. The molecule has 0 spiro atoms. The Balaban J connectivity index is 2.55. The first-order valence-corrected chi connectivity index (χ1v) is 7.63. The molecule has 0 bridgehead atoms. The third-order valence-corrected chi connectivity index (χ3v) is 3.99. The summed E-state index contributed by atoms with van der Waals surface area (Å²) >= 11 is 0. The van der Waals surface area contributed by atoms with Crippen molar-refractivity contribution in [2.75, 3.05) is 32.1 Å². The van der Waals surface area contributed by atoms with Gasteiger partial charge in [0.1, 0.15) is 5.70 Å². The number of nitro benzene ring substituents is 2. The predicted molar refractivity (Wildman–Crippen MR) is 90.8 cm³/mol. The molecule has 0 saturated heterocycles. The molecule has 144 valence electrons. The van der Waals surface area contributed by atoms with Crippen LogP contribution in [0, 0.1) is 27.2 Å². The zero-order valence-corrected chi connectivity index (χ0v) is 14.4. The van der Waals surface area contributed by atoms with Gasteiger partial charge in [-0.2, -0.15) is 0 Å². The molecule has 0 unspecified atom stereocenters. The molecule has 2 N–H and O–H groups in total. The van der Waals surface area contributed by atoms with Gasteiger partial charge in [-0.3, -0.25) is 25.0 Å². The summed E-state index contributed by atoms with van der Waals surface area (Å²) in [7, 11) is 1.12. The van der Waals surface area contributed by atoms with E-state index in [-0.39, 0.29) is 42.2 Å². The van der Waals surface area contributed by atoms with E-state index in [4.69, 9.17) is 5.11 Å². The highest BCUT2D eigenvalue weighted by atomic mass is 16.6. The lowest BCUT2D eigenvalue weighted by Gasteiger charge is -2.15. The molecule has 0 aliphatic carbocycles. The maximum atomic E-state index is 12.5. The number of benzene rings is 1. The number of methoxy groups -OCH3 is 1. The molecule has 2 rings (SSSR count). The predicted octanol–water partition coefficient (Wildman–Crippen LogP) is 0.485. The molecule has 27 heavy (non-hydrogen) atoms. The van der Waals surface area contributed by atoms with E-state index in [1.54, 1.807) is 0 Å². The van der Waals surface area contributed by atoms with Gasteiger partial charge in [0.25, 0.3) is 17.3 Å². The molecule has 1 aliphatic rings. The summed E-state index contributed by atoms with van der Waals surface area (Å²) in [5.74, 6) is -1.44. The van der Waals surface area contributed by atoms with Gasteiger partial charge in [0.15, 0.2) is 0 Å². The third-order valence-electron chi connectivity index (χ3n) is 3.99. The number of carbonyl (C=O) groups is 2. The van der Waals surface area contributed by atoms with Crippen molar-refractivity contribution in [1.82, 2.24) is 4.90 Å². The van der Waals surface area contributed by atoms with E-state index in [1.807, 2.05) is 0 Å². The van der Waals surface area contributed by atoms with Gasteiger partial charge in [-0.1, -0.05) is 0 Å². The van der Waals surface area contributed by atoms with Crippen LogP contribution in [-0.4, -0.2) is 58.5 Å². The van der Waals surface area contributed by atoms with E-state index in [0.717, 1.165) is 19.2 Å². The lowest BCUT2D eigenvalue weighted by Crippen LogP contribution is -2.31. The number of aliphatic hydroxyl groups is 1. The Hall–Kier alpha value is -3.54. The first-order valence-electron chi connectivity index (χ1n) is 7.63. The summed E-state index contributed by atoms with van der Waals surface area (Å²) < 4.78 is 4.64. The van der Waals surface area contributed by atoms with Crippen LogP contribution in [0.4, 0.5) is 17.1 Å². The van der Waals surface area contributed by atoms with Crippen molar-refractivity contribution in [2.24, 2.45) is 0 Å². The number of amides is 1. The van der Waals surface area contributed by atoms with Crippen molar-refractivity contribution in [3.05, 3.63) is 49.2 Å². The number of hydrogen-bond acceptors (Lipinski definition) is 9. The maximum Gasteiger partial charge on any atom is 0.337 e. The zero-order chi connectivity index (χ0) is 20.3. The highest BCUT2D eigenvalue weighted by Gasteiger charge is 2.35. The molecule has 1 aliphatic heterocycles. The van der Waals surface area contributed by atoms with Crippen LogP contribution < -0.4 is 5.32 Å². The van der Waals surface area contributed by atoms with Gasteiger partial charge in [-0.25, -0.2) is 4.79 Å². The number of nitrogens with one attached hydrogen (secondary N) is 1. The molecule has 1 aromatic carbocycles. The first-order chi connectivity index (χ1) is 12.7. The number of nitrogens with zero attached hydrogens (tertiary/aromatic N) is 3. The van der Waals surface area contributed by atoms with Crippen LogP contribution in [-0.2, 0) is 14.3 Å². The summed E-state index contributed by atoms with van der Waals surface area (Å²) in [4.78, 5) is 46.3. The molecule has 1 amide bonds. The Kier molecular flexibility index (Phi) is 5.70. The summed E-state index contributed by atoms with van der Waals surface area (Å²) in [5.41, 5.74) is -1.34. The van der Waals surface area contributed by atoms with Gasteiger partial charge < -0.3 is 20.1 Å². The monoisotopic (exact) mass is 380 g/mol. The summed E-state index contributed by atoms with van der Waals surface area (Å²) in [6.45, 7) is 0.839. The quantitative estimate of drug-likeness (QED) is 0.389. The Morgan fingerprint density at radius 1 is 1.33 bits per heavy atom. The average Bonchev–Trinajstić information content (AvgIpc) is 2.92. The Morgan fingerprint density at radius 2 is 2.00 bits per heavy atom. The number of hydrogen-bond donors (Lipinski definition) is 2. The van der Waals surface area contributed by atoms with Crippen LogP contribution in [0.15, 0.2) is 23.4 Å². The van der Waals surface area contributed by atoms with Crippen LogP contribution in [0.3, 0.4) is 0 Å². The number of aliphatic hydroxyl groups excluding tert-OH is 1. The molecule has 0 atom stereocenters. The first kappa shape index (κ1) is 19.8. The molecular weight excluding hydrogens is 364 g/mol. The summed E-state index contributed by atoms with van der Waals surface area (Å²) in [6.07, 6.45) is 0. The smallest absolute Gasteiger partial charge is 0.337 e. The summed E-state index contributed by atoms with van der Waals surface area (Å²) in [5, 5.41) is 33.9. The third kappa shape index (κ3) is 3.84. The SMILES string of the molecule is COC(=O)C1=C(Nc2cc([N+](=O)[O-])cc([N+](=O)[O-])c2C)C(=O)N(CCO)C1. The van der Waals surface area contributed by atoms with Crippen LogP contribution in [0.2, 0.25) is 0 Å². The zero-order valence-electron chi connectivity index (χ0n) is 14.4. The second-order valence-corrected chi connectivity index (χ2v) is 5.57. The Bertz CT molecular complexity index is 864.